The van der Waals surface area contributed by atoms with E-state index >= 15 is 0 Å². The van der Waals surface area contributed by atoms with Gasteiger partial charge < -0.3 is 18.9 Å². The molecule has 0 saturated carbocycles. The molecular formula is C17H14O6. The molecule has 1 heterocycles. The van der Waals surface area contributed by atoms with Gasteiger partial charge in [-0.1, -0.05) is 18.2 Å². The Labute approximate surface area is 132 Å². The van der Waals surface area contributed by atoms with Crippen LogP contribution in [0.1, 0.15) is 27.6 Å². The summed E-state index contributed by atoms with van der Waals surface area (Å²) in [6, 6.07) is 9.95. The van der Waals surface area contributed by atoms with Crippen molar-refractivity contribution in [3.05, 3.63) is 47.5 Å². The molecule has 6 nitrogen and oxygen atoms in total. The maximum absolute atomic E-state index is 12.2. The number of fused-ring (bicyclic) bond motifs is 1. The number of esters is 1. The van der Waals surface area contributed by atoms with Crippen LogP contribution in [0.15, 0.2) is 36.4 Å². The Kier molecular flexibility index (Phi) is 3.89. The van der Waals surface area contributed by atoms with Crippen molar-refractivity contribution in [3.63, 3.8) is 0 Å². The minimum Gasteiger partial charge on any atom is -0.492 e. The molecule has 6 heteroatoms. The Bertz CT molecular complexity index is 766. The van der Waals surface area contributed by atoms with E-state index in [1.165, 1.54) is 20.1 Å². The highest BCUT2D eigenvalue weighted by Gasteiger charge is 2.29. The predicted molar refractivity (Wildman–Crippen MR) is 80.5 cm³/mol. The van der Waals surface area contributed by atoms with Crippen LogP contribution in [0, 0.1) is 0 Å². The highest BCUT2D eigenvalue weighted by atomic mass is 16.7. The lowest BCUT2D eigenvalue weighted by atomic mass is 10.1. The van der Waals surface area contributed by atoms with Crippen molar-refractivity contribution in [2.45, 2.75) is 6.92 Å². The van der Waals surface area contributed by atoms with E-state index < -0.39 is 5.97 Å². The summed E-state index contributed by atoms with van der Waals surface area (Å²) in [6.07, 6.45) is 0. The van der Waals surface area contributed by atoms with Crippen LogP contribution in [-0.4, -0.2) is 25.7 Å². The zero-order chi connectivity index (χ0) is 16.4. The van der Waals surface area contributed by atoms with Crippen LogP contribution in [0.2, 0.25) is 0 Å². The highest BCUT2D eigenvalue weighted by Crippen LogP contribution is 2.47. The van der Waals surface area contributed by atoms with Crippen molar-refractivity contribution >= 4 is 11.8 Å². The molecule has 23 heavy (non-hydrogen) atoms. The summed E-state index contributed by atoms with van der Waals surface area (Å²) in [6.45, 7) is 1.37. The normalized spacial score (nSPS) is 11.9. The van der Waals surface area contributed by atoms with Gasteiger partial charge >= 0.3 is 5.97 Å². The first-order valence-electron chi connectivity index (χ1n) is 6.90. The third-order valence-corrected chi connectivity index (χ3v) is 3.35. The average molecular weight is 314 g/mol. The van der Waals surface area contributed by atoms with E-state index in [0.717, 1.165) is 0 Å². The van der Waals surface area contributed by atoms with Gasteiger partial charge in [0.2, 0.25) is 12.5 Å². The van der Waals surface area contributed by atoms with Gasteiger partial charge in [0.05, 0.1) is 12.7 Å². The molecule has 0 aromatic heterocycles. The second kappa shape index (κ2) is 6.00. The number of hydrogen-bond acceptors (Lipinski definition) is 6. The SMILES string of the molecule is COc1c2c(cc(OC(=O)c3ccccc3)c1C(C)=O)OCO2. The number of ketones is 1. The quantitative estimate of drug-likeness (QED) is 0.491. The lowest BCUT2D eigenvalue weighted by molar-refractivity contribution is 0.0732. The van der Waals surface area contributed by atoms with Crippen LogP contribution in [0.25, 0.3) is 0 Å². The van der Waals surface area contributed by atoms with E-state index in [1.807, 2.05) is 0 Å². The van der Waals surface area contributed by atoms with Crippen molar-refractivity contribution < 1.29 is 28.5 Å². The molecule has 0 spiro atoms. The highest BCUT2D eigenvalue weighted by molar-refractivity contribution is 6.02. The van der Waals surface area contributed by atoms with Gasteiger partial charge in [0.25, 0.3) is 0 Å². The van der Waals surface area contributed by atoms with Gasteiger partial charge in [0.1, 0.15) is 11.3 Å². The molecule has 0 aliphatic carbocycles. The first-order valence-corrected chi connectivity index (χ1v) is 6.90. The standard InChI is InChI=1S/C17H14O6/c1-10(18)14-12(23-17(19)11-6-4-3-5-7-11)8-13-15(16(14)20-2)22-9-21-13/h3-8H,9H2,1-2H3. The van der Waals surface area contributed by atoms with Crippen LogP contribution in [0.5, 0.6) is 23.0 Å². The Morgan fingerprint density at radius 2 is 1.87 bits per heavy atom. The molecule has 2 aromatic carbocycles. The number of carbonyl (C=O) groups is 2. The topological polar surface area (TPSA) is 71.1 Å². The van der Waals surface area contributed by atoms with E-state index in [1.54, 1.807) is 30.3 Å². The molecule has 0 bridgehead atoms. The average Bonchev–Trinajstić information content (AvgIpc) is 3.02. The Morgan fingerprint density at radius 3 is 2.52 bits per heavy atom. The zero-order valence-electron chi connectivity index (χ0n) is 12.6. The van der Waals surface area contributed by atoms with Crippen LogP contribution >= 0.6 is 0 Å². The van der Waals surface area contributed by atoms with E-state index in [2.05, 4.69) is 0 Å². The summed E-state index contributed by atoms with van der Waals surface area (Å²) in [5.41, 5.74) is 0.514. The Hall–Kier alpha value is -3.02. The number of methoxy groups -OCH3 is 1. The number of rotatable bonds is 4. The van der Waals surface area contributed by atoms with Crippen LogP contribution < -0.4 is 18.9 Å². The molecule has 2 aromatic rings. The third-order valence-electron chi connectivity index (χ3n) is 3.35. The molecule has 0 fully saturated rings. The molecule has 0 N–H and O–H groups in total. The summed E-state index contributed by atoms with van der Waals surface area (Å²) in [5.74, 6) is 0.0840. The number of ether oxygens (including phenoxy) is 4. The molecule has 118 valence electrons. The lowest BCUT2D eigenvalue weighted by Crippen LogP contribution is -2.11. The van der Waals surface area contributed by atoms with Gasteiger partial charge in [0.15, 0.2) is 17.3 Å². The zero-order valence-corrected chi connectivity index (χ0v) is 12.6. The Balaban J connectivity index is 2.05. The smallest absolute Gasteiger partial charge is 0.343 e. The fourth-order valence-corrected chi connectivity index (χ4v) is 2.33. The number of carbonyl (C=O) groups excluding carboxylic acids is 2. The molecule has 0 saturated heterocycles. The summed E-state index contributed by atoms with van der Waals surface area (Å²) >= 11 is 0. The molecule has 0 amide bonds. The van der Waals surface area contributed by atoms with E-state index in [9.17, 15) is 9.59 Å². The number of Topliss-reactive ketones (excluding diaryl/α,β-unsaturated/α-hetero) is 1. The summed E-state index contributed by atoms with van der Waals surface area (Å²) in [7, 11) is 1.41. The Morgan fingerprint density at radius 1 is 1.13 bits per heavy atom. The molecule has 0 radical (unpaired) electrons. The van der Waals surface area contributed by atoms with E-state index in [0.29, 0.717) is 17.1 Å². The van der Waals surface area contributed by atoms with Crippen molar-refractivity contribution in [2.75, 3.05) is 13.9 Å². The second-order valence-electron chi connectivity index (χ2n) is 4.83. The van der Waals surface area contributed by atoms with Gasteiger partial charge in [-0.3, -0.25) is 4.79 Å². The lowest BCUT2D eigenvalue weighted by Gasteiger charge is -2.14. The molecule has 0 atom stereocenters. The van der Waals surface area contributed by atoms with Gasteiger partial charge in [-0.2, -0.15) is 0 Å². The van der Waals surface area contributed by atoms with E-state index in [-0.39, 0.29) is 29.6 Å². The minimum atomic E-state index is -0.575. The van der Waals surface area contributed by atoms with Crippen molar-refractivity contribution in [2.24, 2.45) is 0 Å². The molecule has 1 aliphatic heterocycles. The maximum Gasteiger partial charge on any atom is 0.343 e. The fourth-order valence-electron chi connectivity index (χ4n) is 2.33. The van der Waals surface area contributed by atoms with Gasteiger partial charge in [-0.25, -0.2) is 4.79 Å². The molecular weight excluding hydrogens is 300 g/mol. The first-order chi connectivity index (χ1) is 11.1. The van der Waals surface area contributed by atoms with Crippen molar-refractivity contribution in [3.8, 4) is 23.0 Å². The molecule has 1 aliphatic rings. The monoisotopic (exact) mass is 314 g/mol. The number of hydrogen-bond donors (Lipinski definition) is 0. The summed E-state index contributed by atoms with van der Waals surface area (Å²) in [4.78, 5) is 24.2. The van der Waals surface area contributed by atoms with E-state index in [4.69, 9.17) is 18.9 Å². The van der Waals surface area contributed by atoms with Crippen molar-refractivity contribution in [1.29, 1.82) is 0 Å². The third kappa shape index (κ3) is 2.70. The van der Waals surface area contributed by atoms with Crippen LogP contribution in [-0.2, 0) is 0 Å². The van der Waals surface area contributed by atoms with Gasteiger partial charge in [0, 0.05) is 6.07 Å². The second-order valence-corrected chi connectivity index (χ2v) is 4.83. The molecule has 0 unspecified atom stereocenters. The first kappa shape index (κ1) is 14.9. The maximum atomic E-state index is 12.2. The van der Waals surface area contributed by atoms with Crippen LogP contribution in [0.3, 0.4) is 0 Å². The number of benzene rings is 2. The molecule has 3 rings (SSSR count). The van der Waals surface area contributed by atoms with Crippen LogP contribution in [0.4, 0.5) is 0 Å². The van der Waals surface area contributed by atoms with Gasteiger partial charge in [-0.15, -0.1) is 0 Å². The van der Waals surface area contributed by atoms with Gasteiger partial charge in [-0.05, 0) is 19.1 Å². The predicted octanol–water partition coefficient (Wildman–Crippen LogP) is 2.85. The summed E-state index contributed by atoms with van der Waals surface area (Å²) < 4.78 is 21.3. The van der Waals surface area contributed by atoms with Crippen molar-refractivity contribution in [1.82, 2.24) is 0 Å². The summed E-state index contributed by atoms with van der Waals surface area (Å²) in [5, 5.41) is 0. The largest absolute Gasteiger partial charge is 0.492 e. The minimum absolute atomic E-state index is 0.0130. The fraction of sp³-hybridized carbons (Fsp3) is 0.176.